The number of benzene rings is 1. The van der Waals surface area contributed by atoms with E-state index in [0.717, 1.165) is 0 Å². The fraction of sp³-hybridized carbons (Fsp3) is 0.533. The Morgan fingerprint density at radius 2 is 2.10 bits per heavy atom. The minimum absolute atomic E-state index is 0.130. The molecule has 106 valence electrons. The number of fused-ring (bicyclic) bond motifs is 2. The van der Waals surface area contributed by atoms with Crippen LogP contribution in [0.3, 0.4) is 0 Å². The predicted octanol–water partition coefficient (Wildman–Crippen LogP) is 0.905. The first kappa shape index (κ1) is 13.4. The van der Waals surface area contributed by atoms with Crippen LogP contribution < -0.4 is 10.1 Å². The van der Waals surface area contributed by atoms with Gasteiger partial charge >= 0.3 is 0 Å². The van der Waals surface area contributed by atoms with Crippen molar-refractivity contribution in [3.8, 4) is 11.8 Å². The number of nitrogens with zero attached hydrogens (tertiary/aromatic N) is 1. The SMILES string of the molecule is COc1cccc(C2(O)CC3COCC(C2)N3)c1C#N. The summed E-state index contributed by atoms with van der Waals surface area (Å²) in [7, 11) is 1.54. The van der Waals surface area contributed by atoms with Crippen LogP contribution in [-0.2, 0) is 10.3 Å². The Morgan fingerprint density at radius 3 is 2.70 bits per heavy atom. The van der Waals surface area contributed by atoms with Crippen LogP contribution in [0.5, 0.6) is 5.75 Å². The maximum Gasteiger partial charge on any atom is 0.137 e. The molecule has 2 fully saturated rings. The summed E-state index contributed by atoms with van der Waals surface area (Å²) >= 11 is 0. The highest BCUT2D eigenvalue weighted by molar-refractivity contribution is 5.51. The zero-order chi connectivity index (χ0) is 14.2. The number of methoxy groups -OCH3 is 1. The highest BCUT2D eigenvalue weighted by Gasteiger charge is 2.43. The zero-order valence-corrected chi connectivity index (χ0v) is 11.4. The van der Waals surface area contributed by atoms with Crippen LogP contribution in [0.1, 0.15) is 24.0 Å². The summed E-state index contributed by atoms with van der Waals surface area (Å²) in [5, 5.41) is 23.9. The number of nitriles is 1. The first-order chi connectivity index (χ1) is 9.66. The van der Waals surface area contributed by atoms with E-state index >= 15 is 0 Å². The normalized spacial score (nSPS) is 32.5. The summed E-state index contributed by atoms with van der Waals surface area (Å²) < 4.78 is 10.7. The second kappa shape index (κ2) is 5.06. The molecule has 2 heterocycles. The van der Waals surface area contributed by atoms with E-state index in [1.165, 1.54) is 7.11 Å². The fourth-order valence-electron chi connectivity index (χ4n) is 3.34. The minimum atomic E-state index is -0.996. The third kappa shape index (κ3) is 2.16. The van der Waals surface area contributed by atoms with E-state index in [2.05, 4.69) is 11.4 Å². The number of ether oxygens (including phenoxy) is 2. The Hall–Kier alpha value is -1.61. The topological polar surface area (TPSA) is 74.5 Å². The highest BCUT2D eigenvalue weighted by Crippen LogP contribution is 2.40. The molecule has 5 heteroatoms. The quantitative estimate of drug-likeness (QED) is 0.838. The van der Waals surface area contributed by atoms with Crippen LogP contribution in [-0.4, -0.2) is 37.5 Å². The van der Waals surface area contributed by atoms with Crippen LogP contribution in [0.4, 0.5) is 0 Å². The molecule has 2 unspecified atom stereocenters. The van der Waals surface area contributed by atoms with E-state index in [-0.39, 0.29) is 12.1 Å². The summed E-state index contributed by atoms with van der Waals surface area (Å²) in [6.07, 6.45) is 1.09. The number of aliphatic hydroxyl groups is 1. The van der Waals surface area contributed by atoms with Gasteiger partial charge in [-0.15, -0.1) is 0 Å². The number of hydrogen-bond acceptors (Lipinski definition) is 5. The Labute approximate surface area is 118 Å². The van der Waals surface area contributed by atoms with Crippen LogP contribution in [0, 0.1) is 11.3 Å². The standard InChI is InChI=1S/C15H18N2O3/c1-19-14-4-2-3-13(12(14)7-16)15(18)5-10-8-20-9-11(6-15)17-10/h2-4,10-11,17-18H,5-6,8-9H2,1H3. The lowest BCUT2D eigenvalue weighted by molar-refractivity contribution is -0.0804. The average Bonchev–Trinajstić information content (AvgIpc) is 2.45. The maximum absolute atomic E-state index is 11.1. The molecule has 0 amide bonds. The fourth-order valence-corrected chi connectivity index (χ4v) is 3.34. The molecule has 1 aromatic rings. The lowest BCUT2D eigenvalue weighted by Gasteiger charge is -2.45. The van der Waals surface area contributed by atoms with Gasteiger partial charge in [0.05, 0.1) is 25.9 Å². The van der Waals surface area contributed by atoms with Gasteiger partial charge in [0.1, 0.15) is 17.4 Å². The molecule has 0 saturated carbocycles. The van der Waals surface area contributed by atoms with Gasteiger partial charge in [-0.05, 0) is 18.9 Å². The lowest BCUT2D eigenvalue weighted by Crippen LogP contribution is -2.58. The Morgan fingerprint density at radius 1 is 1.40 bits per heavy atom. The molecule has 2 bridgehead atoms. The number of piperidine rings is 1. The van der Waals surface area contributed by atoms with Crippen LogP contribution in [0.25, 0.3) is 0 Å². The molecule has 2 saturated heterocycles. The van der Waals surface area contributed by atoms with Crippen LogP contribution in [0.15, 0.2) is 18.2 Å². The third-order valence-corrected chi connectivity index (χ3v) is 4.14. The van der Waals surface area contributed by atoms with Crippen molar-refractivity contribution in [3.05, 3.63) is 29.3 Å². The Bertz CT molecular complexity index is 541. The van der Waals surface area contributed by atoms with Gasteiger partial charge in [0.2, 0.25) is 0 Å². The summed E-state index contributed by atoms with van der Waals surface area (Å²) in [6.45, 7) is 1.20. The van der Waals surface area contributed by atoms with Gasteiger partial charge < -0.3 is 19.9 Å². The molecule has 2 aliphatic heterocycles. The molecular weight excluding hydrogens is 256 g/mol. The maximum atomic E-state index is 11.1. The summed E-state index contributed by atoms with van der Waals surface area (Å²) in [5.41, 5.74) is 0.0976. The molecule has 5 nitrogen and oxygen atoms in total. The summed E-state index contributed by atoms with van der Waals surface area (Å²) in [6, 6.07) is 7.82. The van der Waals surface area contributed by atoms with Crippen molar-refractivity contribution in [1.29, 1.82) is 5.26 Å². The molecule has 0 aliphatic carbocycles. The molecule has 1 aromatic carbocycles. The average molecular weight is 274 g/mol. The molecule has 20 heavy (non-hydrogen) atoms. The monoisotopic (exact) mass is 274 g/mol. The van der Waals surface area contributed by atoms with E-state index in [1.807, 2.05) is 12.1 Å². The molecule has 2 atom stereocenters. The first-order valence-electron chi connectivity index (χ1n) is 6.80. The second-order valence-electron chi connectivity index (χ2n) is 5.53. The van der Waals surface area contributed by atoms with Crippen molar-refractivity contribution < 1.29 is 14.6 Å². The lowest BCUT2D eigenvalue weighted by atomic mass is 9.76. The molecule has 0 aromatic heterocycles. The molecule has 3 rings (SSSR count). The van der Waals surface area contributed by atoms with E-state index in [9.17, 15) is 10.4 Å². The molecule has 2 N–H and O–H groups in total. The van der Waals surface area contributed by atoms with Gasteiger partial charge in [0.15, 0.2) is 0 Å². The van der Waals surface area contributed by atoms with E-state index in [0.29, 0.717) is 42.9 Å². The zero-order valence-electron chi connectivity index (χ0n) is 11.4. The van der Waals surface area contributed by atoms with E-state index < -0.39 is 5.60 Å². The first-order valence-corrected chi connectivity index (χ1v) is 6.80. The van der Waals surface area contributed by atoms with Crippen molar-refractivity contribution in [3.63, 3.8) is 0 Å². The van der Waals surface area contributed by atoms with Gasteiger partial charge in [0.25, 0.3) is 0 Å². The number of rotatable bonds is 2. The van der Waals surface area contributed by atoms with Crippen LogP contribution in [0.2, 0.25) is 0 Å². The van der Waals surface area contributed by atoms with Gasteiger partial charge in [-0.25, -0.2) is 0 Å². The van der Waals surface area contributed by atoms with Crippen molar-refractivity contribution in [1.82, 2.24) is 5.32 Å². The largest absolute Gasteiger partial charge is 0.495 e. The number of hydrogen-bond donors (Lipinski definition) is 2. The van der Waals surface area contributed by atoms with E-state index in [4.69, 9.17) is 9.47 Å². The van der Waals surface area contributed by atoms with Crippen molar-refractivity contribution in [2.45, 2.75) is 30.5 Å². The summed E-state index contributed by atoms with van der Waals surface area (Å²) in [4.78, 5) is 0. The smallest absolute Gasteiger partial charge is 0.137 e. The van der Waals surface area contributed by atoms with Crippen LogP contribution >= 0.6 is 0 Å². The minimum Gasteiger partial charge on any atom is -0.495 e. The number of nitrogens with one attached hydrogen (secondary N) is 1. The Balaban J connectivity index is 2.01. The van der Waals surface area contributed by atoms with Crippen molar-refractivity contribution in [2.75, 3.05) is 20.3 Å². The van der Waals surface area contributed by atoms with E-state index in [1.54, 1.807) is 6.07 Å². The highest BCUT2D eigenvalue weighted by atomic mass is 16.5. The van der Waals surface area contributed by atoms with Gasteiger partial charge in [0, 0.05) is 17.6 Å². The second-order valence-corrected chi connectivity index (χ2v) is 5.53. The molecular formula is C15H18N2O3. The van der Waals surface area contributed by atoms with Crippen molar-refractivity contribution in [2.24, 2.45) is 0 Å². The van der Waals surface area contributed by atoms with Gasteiger partial charge in [-0.3, -0.25) is 0 Å². The van der Waals surface area contributed by atoms with Gasteiger partial charge in [-0.2, -0.15) is 5.26 Å². The van der Waals surface area contributed by atoms with Gasteiger partial charge in [-0.1, -0.05) is 12.1 Å². The van der Waals surface area contributed by atoms with Crippen molar-refractivity contribution >= 4 is 0 Å². The molecule has 0 spiro atoms. The Kier molecular flexibility index (Phi) is 3.38. The summed E-state index contributed by atoms with van der Waals surface area (Å²) in [5.74, 6) is 0.512. The third-order valence-electron chi connectivity index (χ3n) is 4.14. The molecule has 0 radical (unpaired) electrons. The molecule has 2 aliphatic rings. The number of morpholine rings is 1. The predicted molar refractivity (Wildman–Crippen MR) is 72.4 cm³/mol.